The Morgan fingerprint density at radius 3 is 2.68 bits per heavy atom. The SMILES string of the molecule is Cc1cccc(C(C)C)c1NC(=O)c1csc(Br)c1. The van der Waals surface area contributed by atoms with Crippen LogP contribution in [-0.2, 0) is 0 Å². The lowest BCUT2D eigenvalue weighted by Gasteiger charge is -2.16. The average molecular weight is 338 g/mol. The molecule has 1 heterocycles. The summed E-state index contributed by atoms with van der Waals surface area (Å²) < 4.78 is 0.964. The fourth-order valence-corrected chi connectivity index (χ4v) is 3.09. The molecular formula is C15H16BrNOS. The summed E-state index contributed by atoms with van der Waals surface area (Å²) in [6.45, 7) is 6.28. The molecule has 1 aromatic heterocycles. The van der Waals surface area contributed by atoms with Gasteiger partial charge in [0, 0.05) is 11.1 Å². The molecule has 19 heavy (non-hydrogen) atoms. The molecule has 0 atom stereocenters. The molecule has 1 N–H and O–H groups in total. The Kier molecular flexibility index (Phi) is 4.42. The van der Waals surface area contributed by atoms with Crippen molar-refractivity contribution < 1.29 is 4.79 Å². The number of nitrogens with one attached hydrogen (secondary N) is 1. The molecular weight excluding hydrogens is 322 g/mol. The minimum absolute atomic E-state index is 0.0573. The molecule has 2 nitrogen and oxygen atoms in total. The van der Waals surface area contributed by atoms with Gasteiger partial charge in [-0.05, 0) is 46.0 Å². The third kappa shape index (κ3) is 3.25. The number of benzene rings is 1. The van der Waals surface area contributed by atoms with E-state index in [-0.39, 0.29) is 5.91 Å². The first kappa shape index (κ1) is 14.3. The van der Waals surface area contributed by atoms with Crippen molar-refractivity contribution in [1.29, 1.82) is 0 Å². The quantitative estimate of drug-likeness (QED) is 0.819. The molecule has 0 aliphatic carbocycles. The molecule has 0 fully saturated rings. The number of aryl methyl sites for hydroxylation is 1. The minimum atomic E-state index is -0.0573. The lowest BCUT2D eigenvalue weighted by Crippen LogP contribution is -2.14. The lowest BCUT2D eigenvalue weighted by atomic mass is 9.98. The summed E-state index contributed by atoms with van der Waals surface area (Å²) in [7, 11) is 0. The van der Waals surface area contributed by atoms with Gasteiger partial charge in [-0.15, -0.1) is 11.3 Å². The molecule has 2 aromatic rings. The molecule has 0 radical (unpaired) electrons. The number of amides is 1. The van der Waals surface area contributed by atoms with Crippen molar-refractivity contribution in [3.8, 4) is 0 Å². The summed E-state index contributed by atoms with van der Waals surface area (Å²) in [5.74, 6) is 0.322. The van der Waals surface area contributed by atoms with Crippen LogP contribution in [0.1, 0.15) is 41.3 Å². The van der Waals surface area contributed by atoms with E-state index >= 15 is 0 Å². The van der Waals surface area contributed by atoms with Crippen molar-refractivity contribution in [3.63, 3.8) is 0 Å². The van der Waals surface area contributed by atoms with E-state index in [0.29, 0.717) is 11.5 Å². The highest BCUT2D eigenvalue weighted by atomic mass is 79.9. The van der Waals surface area contributed by atoms with Crippen LogP contribution in [0.4, 0.5) is 5.69 Å². The molecule has 0 spiro atoms. The van der Waals surface area contributed by atoms with E-state index in [4.69, 9.17) is 0 Å². The Morgan fingerprint density at radius 2 is 2.11 bits per heavy atom. The zero-order valence-electron chi connectivity index (χ0n) is 11.2. The predicted octanol–water partition coefficient (Wildman–Crippen LogP) is 5.19. The zero-order valence-corrected chi connectivity index (χ0v) is 13.6. The Balaban J connectivity index is 2.31. The lowest BCUT2D eigenvalue weighted by molar-refractivity contribution is 0.102. The van der Waals surface area contributed by atoms with Gasteiger partial charge in [-0.2, -0.15) is 0 Å². The van der Waals surface area contributed by atoms with Gasteiger partial charge in [0.25, 0.3) is 5.91 Å². The number of halogens is 1. The topological polar surface area (TPSA) is 29.1 Å². The van der Waals surface area contributed by atoms with Gasteiger partial charge in [0.1, 0.15) is 0 Å². The molecule has 0 saturated carbocycles. The van der Waals surface area contributed by atoms with Crippen molar-refractivity contribution in [2.75, 3.05) is 5.32 Å². The van der Waals surface area contributed by atoms with Gasteiger partial charge in [0.05, 0.1) is 9.35 Å². The van der Waals surface area contributed by atoms with Gasteiger partial charge in [0.2, 0.25) is 0 Å². The Morgan fingerprint density at radius 1 is 1.37 bits per heavy atom. The molecule has 0 bridgehead atoms. The van der Waals surface area contributed by atoms with E-state index in [1.165, 1.54) is 16.9 Å². The van der Waals surface area contributed by atoms with Crippen LogP contribution in [0.15, 0.2) is 33.4 Å². The average Bonchev–Trinajstić information content (AvgIpc) is 2.78. The number of carbonyl (C=O) groups excluding carboxylic acids is 1. The number of carbonyl (C=O) groups is 1. The molecule has 1 aromatic carbocycles. The van der Waals surface area contributed by atoms with Crippen LogP contribution in [0.3, 0.4) is 0 Å². The zero-order chi connectivity index (χ0) is 14.0. The number of hydrogen-bond acceptors (Lipinski definition) is 2. The first-order chi connectivity index (χ1) is 8.99. The van der Waals surface area contributed by atoms with E-state index in [9.17, 15) is 4.79 Å². The van der Waals surface area contributed by atoms with E-state index in [0.717, 1.165) is 15.0 Å². The standard InChI is InChI=1S/C15H16BrNOS/c1-9(2)12-6-4-5-10(3)14(12)17-15(18)11-7-13(16)19-8-11/h4-9H,1-3H3,(H,17,18). The van der Waals surface area contributed by atoms with Crippen LogP contribution in [0, 0.1) is 6.92 Å². The van der Waals surface area contributed by atoms with Crippen LogP contribution in [-0.4, -0.2) is 5.91 Å². The van der Waals surface area contributed by atoms with Gasteiger partial charge in [0.15, 0.2) is 0 Å². The monoisotopic (exact) mass is 337 g/mol. The molecule has 0 saturated heterocycles. The van der Waals surface area contributed by atoms with E-state index in [1.807, 2.05) is 30.5 Å². The summed E-state index contributed by atoms with van der Waals surface area (Å²) in [5, 5.41) is 4.89. The fourth-order valence-electron chi connectivity index (χ4n) is 1.96. The maximum Gasteiger partial charge on any atom is 0.256 e. The molecule has 0 aliphatic rings. The number of thiophene rings is 1. The largest absolute Gasteiger partial charge is 0.321 e. The van der Waals surface area contributed by atoms with Crippen molar-refractivity contribution in [2.24, 2.45) is 0 Å². The van der Waals surface area contributed by atoms with Gasteiger partial charge < -0.3 is 5.32 Å². The van der Waals surface area contributed by atoms with Crippen LogP contribution in [0.25, 0.3) is 0 Å². The smallest absolute Gasteiger partial charge is 0.256 e. The van der Waals surface area contributed by atoms with Crippen molar-refractivity contribution in [2.45, 2.75) is 26.7 Å². The summed E-state index contributed by atoms with van der Waals surface area (Å²) >= 11 is 4.89. The van der Waals surface area contributed by atoms with Crippen LogP contribution < -0.4 is 5.32 Å². The Labute approximate surface area is 126 Å². The fraction of sp³-hybridized carbons (Fsp3) is 0.267. The van der Waals surface area contributed by atoms with Gasteiger partial charge in [-0.3, -0.25) is 4.79 Å². The normalized spacial score (nSPS) is 10.8. The maximum absolute atomic E-state index is 12.2. The minimum Gasteiger partial charge on any atom is -0.321 e. The van der Waals surface area contributed by atoms with Crippen LogP contribution >= 0.6 is 27.3 Å². The second kappa shape index (κ2) is 5.88. The van der Waals surface area contributed by atoms with Crippen molar-refractivity contribution in [1.82, 2.24) is 0 Å². The number of rotatable bonds is 3. The van der Waals surface area contributed by atoms with E-state index < -0.39 is 0 Å². The molecule has 100 valence electrons. The van der Waals surface area contributed by atoms with Crippen LogP contribution in [0.5, 0.6) is 0 Å². The van der Waals surface area contributed by atoms with Gasteiger partial charge >= 0.3 is 0 Å². The second-order valence-electron chi connectivity index (χ2n) is 4.79. The number of anilines is 1. The second-order valence-corrected chi connectivity index (χ2v) is 7.08. The highest BCUT2D eigenvalue weighted by Gasteiger charge is 2.14. The number of hydrogen-bond donors (Lipinski definition) is 1. The van der Waals surface area contributed by atoms with Gasteiger partial charge in [-0.25, -0.2) is 0 Å². The van der Waals surface area contributed by atoms with Gasteiger partial charge in [-0.1, -0.05) is 32.0 Å². The van der Waals surface area contributed by atoms with Crippen molar-refractivity contribution in [3.05, 3.63) is 50.1 Å². The molecule has 0 unspecified atom stereocenters. The summed E-state index contributed by atoms with van der Waals surface area (Å²) in [5.41, 5.74) is 3.89. The summed E-state index contributed by atoms with van der Waals surface area (Å²) in [4.78, 5) is 12.2. The number of para-hydroxylation sites is 1. The molecule has 2 rings (SSSR count). The third-order valence-corrected chi connectivity index (χ3v) is 4.50. The Hall–Kier alpha value is -1.13. The van der Waals surface area contributed by atoms with E-state index in [2.05, 4.69) is 41.2 Å². The molecule has 0 aliphatic heterocycles. The third-order valence-electron chi connectivity index (χ3n) is 3.00. The maximum atomic E-state index is 12.2. The summed E-state index contributed by atoms with van der Waals surface area (Å²) in [6, 6.07) is 7.96. The predicted molar refractivity (Wildman–Crippen MR) is 85.2 cm³/mol. The first-order valence-electron chi connectivity index (χ1n) is 6.14. The van der Waals surface area contributed by atoms with E-state index in [1.54, 1.807) is 0 Å². The molecule has 4 heteroatoms. The highest BCUT2D eigenvalue weighted by molar-refractivity contribution is 9.11. The van der Waals surface area contributed by atoms with Crippen molar-refractivity contribution >= 4 is 38.9 Å². The Bertz CT molecular complexity index is 604. The molecule has 1 amide bonds. The first-order valence-corrected chi connectivity index (χ1v) is 7.81. The highest BCUT2D eigenvalue weighted by Crippen LogP contribution is 2.28. The van der Waals surface area contributed by atoms with Crippen LogP contribution in [0.2, 0.25) is 0 Å². The summed E-state index contributed by atoms with van der Waals surface area (Å²) in [6.07, 6.45) is 0.